The van der Waals surface area contributed by atoms with Gasteiger partial charge in [0, 0.05) is 4.88 Å². The summed E-state index contributed by atoms with van der Waals surface area (Å²) in [6.07, 6.45) is 2.73. The van der Waals surface area contributed by atoms with Crippen LogP contribution in [0.15, 0.2) is 29.9 Å². The lowest BCUT2D eigenvalue weighted by Crippen LogP contribution is -2.27. The predicted octanol–water partition coefficient (Wildman–Crippen LogP) is 1.61. The van der Waals surface area contributed by atoms with Crippen LogP contribution in [-0.2, 0) is 0 Å². The SMILES string of the molecule is CC(NC(=O)c1cnc(N)cn1)c1cccs1. The van der Waals surface area contributed by atoms with Crippen molar-refractivity contribution in [1.82, 2.24) is 15.3 Å². The quantitative estimate of drug-likeness (QED) is 0.864. The summed E-state index contributed by atoms with van der Waals surface area (Å²) in [5.74, 6) is 0.0475. The highest BCUT2D eigenvalue weighted by Crippen LogP contribution is 2.18. The lowest BCUT2D eigenvalue weighted by molar-refractivity contribution is 0.0935. The summed E-state index contributed by atoms with van der Waals surface area (Å²) >= 11 is 1.60. The van der Waals surface area contributed by atoms with E-state index in [9.17, 15) is 4.79 Å². The Morgan fingerprint density at radius 1 is 1.47 bits per heavy atom. The molecule has 0 saturated carbocycles. The number of amides is 1. The minimum Gasteiger partial charge on any atom is -0.382 e. The van der Waals surface area contributed by atoms with Crippen LogP contribution in [0.1, 0.15) is 28.3 Å². The maximum atomic E-state index is 11.8. The van der Waals surface area contributed by atoms with Crippen molar-refractivity contribution in [2.75, 3.05) is 5.73 Å². The van der Waals surface area contributed by atoms with Gasteiger partial charge in [-0.3, -0.25) is 4.79 Å². The first-order chi connectivity index (χ1) is 8.16. The van der Waals surface area contributed by atoms with Crippen molar-refractivity contribution >= 4 is 23.1 Å². The second kappa shape index (κ2) is 4.92. The Morgan fingerprint density at radius 3 is 2.88 bits per heavy atom. The highest BCUT2D eigenvalue weighted by atomic mass is 32.1. The molecule has 1 unspecified atom stereocenters. The van der Waals surface area contributed by atoms with Crippen molar-refractivity contribution in [3.05, 3.63) is 40.5 Å². The fraction of sp³-hybridized carbons (Fsp3) is 0.182. The average molecular weight is 248 g/mol. The molecule has 6 heteroatoms. The fourth-order valence-electron chi connectivity index (χ4n) is 1.33. The van der Waals surface area contributed by atoms with Gasteiger partial charge in [0.25, 0.3) is 5.91 Å². The van der Waals surface area contributed by atoms with Gasteiger partial charge in [-0.1, -0.05) is 6.07 Å². The third-order valence-electron chi connectivity index (χ3n) is 2.22. The summed E-state index contributed by atoms with van der Waals surface area (Å²) in [6.45, 7) is 1.93. The van der Waals surface area contributed by atoms with Crippen LogP contribution in [0, 0.1) is 0 Å². The zero-order chi connectivity index (χ0) is 12.3. The van der Waals surface area contributed by atoms with E-state index in [0.29, 0.717) is 5.82 Å². The number of carbonyl (C=O) groups excluding carboxylic acids is 1. The largest absolute Gasteiger partial charge is 0.382 e. The molecule has 2 aromatic heterocycles. The lowest BCUT2D eigenvalue weighted by atomic mass is 10.2. The number of anilines is 1. The monoisotopic (exact) mass is 248 g/mol. The molecule has 2 rings (SSSR count). The van der Waals surface area contributed by atoms with Crippen molar-refractivity contribution in [3.63, 3.8) is 0 Å². The lowest BCUT2D eigenvalue weighted by Gasteiger charge is -2.11. The van der Waals surface area contributed by atoms with E-state index in [-0.39, 0.29) is 17.6 Å². The molecule has 5 nitrogen and oxygen atoms in total. The number of hydrogen-bond acceptors (Lipinski definition) is 5. The van der Waals surface area contributed by atoms with Crippen molar-refractivity contribution in [3.8, 4) is 0 Å². The normalized spacial score (nSPS) is 12.1. The van der Waals surface area contributed by atoms with E-state index in [2.05, 4.69) is 15.3 Å². The molecular weight excluding hydrogens is 236 g/mol. The van der Waals surface area contributed by atoms with Crippen LogP contribution < -0.4 is 11.1 Å². The van der Waals surface area contributed by atoms with Crippen molar-refractivity contribution < 1.29 is 4.79 Å². The number of aromatic nitrogens is 2. The first kappa shape index (κ1) is 11.5. The van der Waals surface area contributed by atoms with Gasteiger partial charge in [0.2, 0.25) is 0 Å². The second-order valence-corrected chi connectivity index (χ2v) is 4.52. The Hall–Kier alpha value is -1.95. The first-order valence-corrected chi connectivity index (χ1v) is 5.96. The maximum Gasteiger partial charge on any atom is 0.271 e. The van der Waals surface area contributed by atoms with E-state index in [4.69, 9.17) is 5.73 Å². The molecule has 2 heterocycles. The van der Waals surface area contributed by atoms with Gasteiger partial charge in [-0.15, -0.1) is 11.3 Å². The van der Waals surface area contributed by atoms with E-state index in [1.807, 2.05) is 24.4 Å². The topological polar surface area (TPSA) is 80.9 Å². The molecule has 0 aliphatic rings. The Bertz CT molecular complexity index is 495. The molecule has 3 N–H and O–H groups in total. The number of rotatable bonds is 3. The number of hydrogen-bond donors (Lipinski definition) is 2. The summed E-state index contributed by atoms with van der Waals surface area (Å²) in [6, 6.07) is 3.89. The second-order valence-electron chi connectivity index (χ2n) is 3.54. The smallest absolute Gasteiger partial charge is 0.271 e. The highest BCUT2D eigenvalue weighted by molar-refractivity contribution is 7.10. The van der Waals surface area contributed by atoms with E-state index in [0.717, 1.165) is 4.88 Å². The zero-order valence-corrected chi connectivity index (χ0v) is 10.1. The van der Waals surface area contributed by atoms with Crippen LogP contribution in [-0.4, -0.2) is 15.9 Å². The van der Waals surface area contributed by atoms with Crippen LogP contribution in [0.4, 0.5) is 5.82 Å². The van der Waals surface area contributed by atoms with Gasteiger partial charge >= 0.3 is 0 Å². The van der Waals surface area contributed by atoms with Crippen molar-refractivity contribution in [1.29, 1.82) is 0 Å². The number of nitrogens with one attached hydrogen (secondary N) is 1. The molecule has 17 heavy (non-hydrogen) atoms. The minimum atomic E-state index is -0.251. The standard InChI is InChI=1S/C11H12N4OS/c1-7(9-3-2-4-17-9)15-11(16)8-5-14-10(12)6-13-8/h2-7H,1H3,(H2,12,14)(H,15,16). The summed E-state index contributed by atoms with van der Waals surface area (Å²) in [4.78, 5) is 20.7. The van der Waals surface area contributed by atoms with Gasteiger partial charge in [-0.2, -0.15) is 0 Å². The molecule has 0 saturated heterocycles. The molecule has 0 fully saturated rings. The Kier molecular flexibility index (Phi) is 3.34. The number of nitrogens with two attached hydrogens (primary N) is 1. The van der Waals surface area contributed by atoms with Crippen molar-refractivity contribution in [2.45, 2.75) is 13.0 Å². The Balaban J connectivity index is 2.04. The molecule has 0 aromatic carbocycles. The third kappa shape index (κ3) is 2.79. The van der Waals surface area contributed by atoms with E-state index >= 15 is 0 Å². The zero-order valence-electron chi connectivity index (χ0n) is 9.25. The predicted molar refractivity (Wildman–Crippen MR) is 66.6 cm³/mol. The van der Waals surface area contributed by atoms with Crippen LogP contribution in [0.5, 0.6) is 0 Å². The van der Waals surface area contributed by atoms with E-state index in [1.165, 1.54) is 12.4 Å². The fourth-order valence-corrected chi connectivity index (χ4v) is 2.07. The molecular formula is C11H12N4OS. The summed E-state index contributed by atoms with van der Waals surface area (Å²) in [5, 5.41) is 4.82. The molecule has 0 aliphatic heterocycles. The molecule has 1 amide bonds. The maximum absolute atomic E-state index is 11.8. The summed E-state index contributed by atoms with van der Waals surface area (Å²) in [7, 11) is 0. The third-order valence-corrected chi connectivity index (χ3v) is 3.28. The molecule has 0 aliphatic carbocycles. The van der Waals surface area contributed by atoms with Crippen LogP contribution >= 0.6 is 11.3 Å². The van der Waals surface area contributed by atoms with Crippen molar-refractivity contribution in [2.24, 2.45) is 0 Å². The summed E-state index contributed by atoms with van der Waals surface area (Å²) < 4.78 is 0. The molecule has 2 aromatic rings. The Labute approximate surface area is 103 Å². The van der Waals surface area contributed by atoms with E-state index in [1.54, 1.807) is 11.3 Å². The van der Waals surface area contributed by atoms with Crippen LogP contribution in [0.2, 0.25) is 0 Å². The number of nitrogen functional groups attached to an aromatic ring is 1. The average Bonchev–Trinajstić information content (AvgIpc) is 2.83. The number of thiophene rings is 1. The van der Waals surface area contributed by atoms with Gasteiger partial charge in [0.05, 0.1) is 18.4 Å². The van der Waals surface area contributed by atoms with Gasteiger partial charge < -0.3 is 11.1 Å². The first-order valence-electron chi connectivity index (χ1n) is 5.08. The minimum absolute atomic E-state index is 0.0400. The highest BCUT2D eigenvalue weighted by Gasteiger charge is 2.13. The Morgan fingerprint density at radius 2 is 2.29 bits per heavy atom. The van der Waals surface area contributed by atoms with Gasteiger partial charge in [-0.05, 0) is 18.4 Å². The number of carbonyl (C=O) groups is 1. The molecule has 0 radical (unpaired) electrons. The molecule has 88 valence electrons. The van der Waals surface area contributed by atoms with Gasteiger partial charge in [-0.25, -0.2) is 9.97 Å². The van der Waals surface area contributed by atoms with Gasteiger partial charge in [0.15, 0.2) is 0 Å². The van der Waals surface area contributed by atoms with Crippen LogP contribution in [0.3, 0.4) is 0 Å². The molecule has 1 atom stereocenters. The molecule has 0 spiro atoms. The summed E-state index contributed by atoms with van der Waals surface area (Å²) in [5.41, 5.74) is 5.67. The van der Waals surface area contributed by atoms with Crippen LogP contribution in [0.25, 0.3) is 0 Å². The molecule has 0 bridgehead atoms. The number of nitrogens with zero attached hydrogens (tertiary/aromatic N) is 2. The van der Waals surface area contributed by atoms with E-state index < -0.39 is 0 Å². The van der Waals surface area contributed by atoms with Gasteiger partial charge in [0.1, 0.15) is 11.5 Å².